The Morgan fingerprint density at radius 1 is 1.07 bits per heavy atom. The molecule has 134 valence electrons. The number of rotatable bonds is 4. The van der Waals surface area contributed by atoms with Crippen LogP contribution in [-0.4, -0.2) is 23.0 Å². The Morgan fingerprint density at radius 2 is 1.96 bits per heavy atom. The van der Waals surface area contributed by atoms with Gasteiger partial charge in [0.25, 0.3) is 0 Å². The summed E-state index contributed by atoms with van der Waals surface area (Å²) in [5.41, 5.74) is 3.72. The number of carbonyl (C=O) groups is 1. The number of carbonyl (C=O) groups excluding carboxylic acids is 1. The quantitative estimate of drug-likeness (QED) is 0.569. The molecule has 2 aromatic carbocycles. The van der Waals surface area contributed by atoms with Crippen molar-refractivity contribution in [2.75, 3.05) is 12.4 Å². The van der Waals surface area contributed by atoms with Crippen LogP contribution >= 0.6 is 0 Å². The average Bonchev–Trinajstić information content (AvgIpc) is 2.72. The average molecular weight is 357 g/mol. The lowest BCUT2D eigenvalue weighted by atomic mass is 9.99. The molecule has 0 aliphatic heterocycles. The molecule has 0 atom stereocenters. The molecule has 2 aromatic heterocycles. The first-order valence-electron chi connectivity index (χ1n) is 8.81. The van der Waals surface area contributed by atoms with Crippen LogP contribution < -0.4 is 10.1 Å². The summed E-state index contributed by atoms with van der Waals surface area (Å²) in [6.07, 6.45) is 4.08. The topological polar surface area (TPSA) is 64.1 Å². The van der Waals surface area contributed by atoms with Gasteiger partial charge in [0, 0.05) is 41.2 Å². The number of methoxy groups -OCH3 is 1. The molecule has 2 heterocycles. The number of hydrogen-bond acceptors (Lipinski definition) is 4. The van der Waals surface area contributed by atoms with Crippen molar-refractivity contribution in [2.24, 2.45) is 0 Å². The number of nitrogens with zero attached hydrogens (tertiary/aromatic N) is 2. The Balaban J connectivity index is 1.85. The Labute approximate surface area is 157 Å². The minimum atomic E-state index is -0.0152. The molecule has 0 radical (unpaired) electrons. The van der Waals surface area contributed by atoms with Gasteiger partial charge in [-0.2, -0.15) is 0 Å². The lowest BCUT2D eigenvalue weighted by Crippen LogP contribution is -2.09. The number of anilines is 1. The molecule has 0 spiro atoms. The molecule has 0 unspecified atom stereocenters. The fourth-order valence-electron chi connectivity index (χ4n) is 3.16. The fourth-order valence-corrected chi connectivity index (χ4v) is 3.16. The number of pyridine rings is 2. The molecular formula is C22H19N3O2. The number of benzene rings is 2. The molecule has 4 aromatic rings. The van der Waals surface area contributed by atoms with Gasteiger partial charge in [-0.3, -0.25) is 9.78 Å². The van der Waals surface area contributed by atoms with E-state index in [2.05, 4.69) is 21.4 Å². The zero-order chi connectivity index (χ0) is 18.8. The third kappa shape index (κ3) is 3.19. The van der Waals surface area contributed by atoms with E-state index in [-0.39, 0.29) is 5.91 Å². The summed E-state index contributed by atoms with van der Waals surface area (Å²) in [5.74, 6) is 0.581. The van der Waals surface area contributed by atoms with Crippen molar-refractivity contribution in [3.05, 3.63) is 60.9 Å². The van der Waals surface area contributed by atoms with Gasteiger partial charge in [0.2, 0.25) is 11.8 Å². The van der Waals surface area contributed by atoms with E-state index < -0.39 is 0 Å². The van der Waals surface area contributed by atoms with Crippen LogP contribution in [-0.2, 0) is 4.79 Å². The third-order valence-electron chi connectivity index (χ3n) is 4.58. The maximum atomic E-state index is 11.8. The highest BCUT2D eigenvalue weighted by molar-refractivity contribution is 6.07. The maximum absolute atomic E-state index is 11.8. The van der Waals surface area contributed by atoms with Crippen molar-refractivity contribution in [3.63, 3.8) is 0 Å². The first kappa shape index (κ1) is 17.0. The van der Waals surface area contributed by atoms with E-state index in [1.165, 1.54) is 0 Å². The molecule has 0 aliphatic rings. The number of ether oxygens (including phenoxy) is 1. The van der Waals surface area contributed by atoms with Gasteiger partial charge in [-0.15, -0.1) is 0 Å². The molecule has 0 saturated carbocycles. The van der Waals surface area contributed by atoms with E-state index in [0.29, 0.717) is 12.3 Å². The summed E-state index contributed by atoms with van der Waals surface area (Å²) >= 11 is 0. The number of amides is 1. The van der Waals surface area contributed by atoms with Crippen LogP contribution in [0, 0.1) is 0 Å². The van der Waals surface area contributed by atoms with Gasteiger partial charge in [0.1, 0.15) is 0 Å². The van der Waals surface area contributed by atoms with Crippen LogP contribution in [0.25, 0.3) is 32.8 Å². The first-order valence-corrected chi connectivity index (χ1v) is 8.81. The van der Waals surface area contributed by atoms with Gasteiger partial charge in [-0.25, -0.2) is 4.98 Å². The summed E-state index contributed by atoms with van der Waals surface area (Å²) in [6, 6.07) is 15.8. The van der Waals surface area contributed by atoms with E-state index in [9.17, 15) is 4.79 Å². The molecule has 4 rings (SSSR count). The largest absolute Gasteiger partial charge is 0.481 e. The first-order chi connectivity index (χ1) is 13.2. The number of hydrogen-bond donors (Lipinski definition) is 1. The zero-order valence-corrected chi connectivity index (χ0v) is 15.2. The van der Waals surface area contributed by atoms with Crippen molar-refractivity contribution in [1.82, 2.24) is 9.97 Å². The standard InChI is InChI=1S/C22H19N3O2/c1-3-21(26)24-20-6-4-5-16-17(12-23-13-18(16)20)14-7-9-19-15(11-14)8-10-22(25-19)27-2/h4-13H,3H2,1-2H3,(H,24,26). The number of aromatic nitrogens is 2. The normalized spacial score (nSPS) is 10.9. The summed E-state index contributed by atoms with van der Waals surface area (Å²) in [4.78, 5) is 20.7. The molecule has 0 bridgehead atoms. The monoisotopic (exact) mass is 357 g/mol. The van der Waals surface area contributed by atoms with Crippen LogP contribution in [0.5, 0.6) is 5.88 Å². The highest BCUT2D eigenvalue weighted by atomic mass is 16.5. The Morgan fingerprint density at radius 3 is 2.78 bits per heavy atom. The lowest BCUT2D eigenvalue weighted by Gasteiger charge is -2.11. The molecule has 0 aliphatic carbocycles. The van der Waals surface area contributed by atoms with Gasteiger partial charge in [-0.1, -0.05) is 25.1 Å². The minimum absolute atomic E-state index is 0.0152. The summed E-state index contributed by atoms with van der Waals surface area (Å²) in [5, 5.41) is 5.94. The van der Waals surface area contributed by atoms with E-state index in [1.807, 2.05) is 55.6 Å². The maximum Gasteiger partial charge on any atom is 0.224 e. The molecule has 1 N–H and O–H groups in total. The Hall–Kier alpha value is -3.47. The lowest BCUT2D eigenvalue weighted by molar-refractivity contribution is -0.115. The molecule has 0 saturated heterocycles. The summed E-state index contributed by atoms with van der Waals surface area (Å²) in [7, 11) is 1.61. The van der Waals surface area contributed by atoms with Gasteiger partial charge >= 0.3 is 0 Å². The highest BCUT2D eigenvalue weighted by Gasteiger charge is 2.10. The van der Waals surface area contributed by atoms with E-state index >= 15 is 0 Å². The number of fused-ring (bicyclic) bond motifs is 2. The molecule has 1 amide bonds. The van der Waals surface area contributed by atoms with Crippen LogP contribution in [0.4, 0.5) is 5.69 Å². The van der Waals surface area contributed by atoms with Crippen LogP contribution in [0.15, 0.2) is 60.9 Å². The molecule has 5 nitrogen and oxygen atoms in total. The van der Waals surface area contributed by atoms with Crippen molar-refractivity contribution in [3.8, 4) is 17.0 Å². The van der Waals surface area contributed by atoms with Gasteiger partial charge in [0.05, 0.1) is 18.3 Å². The third-order valence-corrected chi connectivity index (χ3v) is 4.58. The zero-order valence-electron chi connectivity index (χ0n) is 15.2. The van der Waals surface area contributed by atoms with E-state index in [1.54, 1.807) is 13.3 Å². The van der Waals surface area contributed by atoms with Crippen molar-refractivity contribution < 1.29 is 9.53 Å². The fraction of sp³-hybridized carbons (Fsp3) is 0.136. The predicted molar refractivity (Wildman–Crippen MR) is 108 cm³/mol. The van der Waals surface area contributed by atoms with Crippen LogP contribution in [0.2, 0.25) is 0 Å². The molecule has 27 heavy (non-hydrogen) atoms. The summed E-state index contributed by atoms with van der Waals surface area (Å²) in [6.45, 7) is 1.84. The van der Waals surface area contributed by atoms with Crippen LogP contribution in [0.1, 0.15) is 13.3 Å². The number of nitrogens with one attached hydrogen (secondary N) is 1. The van der Waals surface area contributed by atoms with Crippen molar-refractivity contribution in [1.29, 1.82) is 0 Å². The van der Waals surface area contributed by atoms with E-state index in [0.717, 1.165) is 38.5 Å². The van der Waals surface area contributed by atoms with Crippen LogP contribution in [0.3, 0.4) is 0 Å². The van der Waals surface area contributed by atoms with Crippen molar-refractivity contribution >= 4 is 33.3 Å². The second-order valence-corrected chi connectivity index (χ2v) is 6.25. The predicted octanol–water partition coefficient (Wildman–Crippen LogP) is 4.81. The Bertz CT molecular complexity index is 1150. The summed E-state index contributed by atoms with van der Waals surface area (Å²) < 4.78 is 5.19. The second-order valence-electron chi connectivity index (χ2n) is 6.25. The SMILES string of the molecule is CCC(=O)Nc1cccc2c(-c3ccc4nc(OC)ccc4c3)cncc12. The highest BCUT2D eigenvalue weighted by Crippen LogP contribution is 2.33. The van der Waals surface area contributed by atoms with Gasteiger partial charge in [-0.05, 0) is 35.2 Å². The molecular weight excluding hydrogens is 338 g/mol. The second kappa shape index (κ2) is 7.03. The smallest absolute Gasteiger partial charge is 0.224 e. The molecule has 5 heteroatoms. The Kier molecular flexibility index (Phi) is 4.42. The van der Waals surface area contributed by atoms with E-state index in [4.69, 9.17) is 4.74 Å². The minimum Gasteiger partial charge on any atom is -0.481 e. The van der Waals surface area contributed by atoms with Gasteiger partial charge < -0.3 is 10.1 Å². The van der Waals surface area contributed by atoms with Gasteiger partial charge in [0.15, 0.2) is 0 Å². The molecule has 0 fully saturated rings. The van der Waals surface area contributed by atoms with Crippen molar-refractivity contribution in [2.45, 2.75) is 13.3 Å².